The van der Waals surface area contributed by atoms with Crippen LogP contribution in [0.25, 0.3) is 0 Å². The molecule has 1 aliphatic rings. The van der Waals surface area contributed by atoms with Gasteiger partial charge in [-0.1, -0.05) is 26.2 Å². The molecule has 0 radical (unpaired) electrons. The molecule has 0 bridgehead atoms. The van der Waals surface area contributed by atoms with Crippen molar-refractivity contribution in [2.45, 2.75) is 45.4 Å². The Kier molecular flexibility index (Phi) is 4.73. The van der Waals surface area contributed by atoms with Gasteiger partial charge >= 0.3 is 0 Å². The summed E-state index contributed by atoms with van der Waals surface area (Å²) in [5, 5.41) is 2.97. The zero-order chi connectivity index (χ0) is 10.4. The molecular weight excluding hydrogens is 198 g/mol. The second-order valence-electron chi connectivity index (χ2n) is 4.42. The Morgan fingerprint density at radius 3 is 2.57 bits per heavy atom. The van der Waals surface area contributed by atoms with E-state index in [4.69, 9.17) is 11.6 Å². The Morgan fingerprint density at radius 1 is 1.36 bits per heavy atom. The Bertz CT molecular complexity index is 188. The van der Waals surface area contributed by atoms with Gasteiger partial charge in [0.1, 0.15) is 0 Å². The minimum absolute atomic E-state index is 0.107. The van der Waals surface area contributed by atoms with Gasteiger partial charge < -0.3 is 5.32 Å². The van der Waals surface area contributed by atoms with Crippen LogP contribution in [0.4, 0.5) is 0 Å². The molecule has 0 heterocycles. The topological polar surface area (TPSA) is 29.1 Å². The molecule has 0 aromatic carbocycles. The summed E-state index contributed by atoms with van der Waals surface area (Å²) in [6.45, 7) is 2.81. The highest BCUT2D eigenvalue weighted by Crippen LogP contribution is 2.35. The fraction of sp³-hybridized carbons (Fsp3) is 0.909. The van der Waals surface area contributed by atoms with E-state index in [9.17, 15) is 4.79 Å². The van der Waals surface area contributed by atoms with Crippen molar-refractivity contribution in [1.29, 1.82) is 0 Å². The summed E-state index contributed by atoms with van der Waals surface area (Å²) in [5.74, 6) is 0.846. The van der Waals surface area contributed by atoms with Crippen LogP contribution in [0.1, 0.15) is 45.4 Å². The van der Waals surface area contributed by atoms with E-state index < -0.39 is 0 Å². The summed E-state index contributed by atoms with van der Waals surface area (Å²) in [7, 11) is 0. The van der Waals surface area contributed by atoms with Gasteiger partial charge in [-0.15, -0.1) is 11.6 Å². The Morgan fingerprint density at radius 2 is 2.00 bits per heavy atom. The van der Waals surface area contributed by atoms with E-state index in [1.54, 1.807) is 0 Å². The van der Waals surface area contributed by atoms with Crippen LogP contribution in [0.5, 0.6) is 0 Å². The van der Waals surface area contributed by atoms with Crippen LogP contribution in [0.3, 0.4) is 0 Å². The summed E-state index contributed by atoms with van der Waals surface area (Å²) in [5.41, 5.74) is -0.107. The molecule has 0 aromatic rings. The largest absolute Gasteiger partial charge is 0.356 e. The molecule has 0 aromatic heterocycles. The number of carbonyl (C=O) groups is 1. The zero-order valence-electron chi connectivity index (χ0n) is 8.94. The lowest BCUT2D eigenvalue weighted by molar-refractivity contribution is -0.131. The summed E-state index contributed by atoms with van der Waals surface area (Å²) in [6, 6.07) is 0. The lowest BCUT2D eigenvalue weighted by atomic mass is 9.75. The maximum atomic E-state index is 11.8. The molecular formula is C11H20ClNO. The first-order valence-corrected chi connectivity index (χ1v) is 6.07. The van der Waals surface area contributed by atoms with Crippen LogP contribution in [-0.4, -0.2) is 18.3 Å². The molecule has 2 nitrogen and oxygen atoms in total. The quantitative estimate of drug-likeness (QED) is 0.570. The van der Waals surface area contributed by atoms with E-state index >= 15 is 0 Å². The monoisotopic (exact) mass is 217 g/mol. The zero-order valence-corrected chi connectivity index (χ0v) is 9.70. The van der Waals surface area contributed by atoms with Crippen molar-refractivity contribution in [3.8, 4) is 0 Å². The molecule has 0 saturated heterocycles. The van der Waals surface area contributed by atoms with E-state index in [2.05, 4.69) is 12.2 Å². The summed E-state index contributed by atoms with van der Waals surface area (Å²) < 4.78 is 0. The molecule has 1 saturated carbocycles. The normalized spacial score (nSPS) is 20.4. The second-order valence-corrected chi connectivity index (χ2v) is 4.80. The predicted octanol–water partition coefficient (Wildman–Crippen LogP) is 2.70. The Balaban J connectivity index is 2.33. The van der Waals surface area contributed by atoms with Gasteiger partial charge in [-0.05, 0) is 19.3 Å². The van der Waals surface area contributed by atoms with E-state index in [0.717, 1.165) is 25.8 Å². The van der Waals surface area contributed by atoms with Crippen molar-refractivity contribution < 1.29 is 4.79 Å². The number of alkyl halides is 1. The SMILES string of the molecule is CC1(C(=O)NCCCCl)CCCCC1. The standard InChI is InChI=1S/C11H20ClNO/c1-11(6-3-2-4-7-11)10(14)13-9-5-8-12/h2-9H2,1H3,(H,13,14). The van der Waals surface area contributed by atoms with Crippen molar-refractivity contribution >= 4 is 17.5 Å². The minimum Gasteiger partial charge on any atom is -0.356 e. The lowest BCUT2D eigenvalue weighted by Gasteiger charge is -2.31. The third-order valence-electron chi connectivity index (χ3n) is 3.10. The molecule has 1 N–H and O–H groups in total. The number of nitrogens with one attached hydrogen (secondary N) is 1. The smallest absolute Gasteiger partial charge is 0.225 e. The van der Waals surface area contributed by atoms with E-state index in [0.29, 0.717) is 5.88 Å². The van der Waals surface area contributed by atoms with Crippen LogP contribution in [0.2, 0.25) is 0 Å². The minimum atomic E-state index is -0.107. The molecule has 1 rings (SSSR count). The first-order valence-electron chi connectivity index (χ1n) is 5.53. The van der Waals surface area contributed by atoms with Gasteiger partial charge in [0.15, 0.2) is 0 Å². The van der Waals surface area contributed by atoms with Crippen LogP contribution in [0.15, 0.2) is 0 Å². The number of carbonyl (C=O) groups excluding carboxylic acids is 1. The number of halogens is 1. The van der Waals surface area contributed by atoms with Gasteiger partial charge in [-0.3, -0.25) is 4.79 Å². The average Bonchev–Trinajstić information content (AvgIpc) is 2.19. The Labute approximate surface area is 91.4 Å². The molecule has 0 atom stereocenters. The third kappa shape index (κ3) is 3.16. The number of amides is 1. The van der Waals surface area contributed by atoms with Gasteiger partial charge in [0.2, 0.25) is 5.91 Å². The molecule has 14 heavy (non-hydrogen) atoms. The summed E-state index contributed by atoms with van der Waals surface area (Å²) >= 11 is 5.55. The van der Waals surface area contributed by atoms with Crippen LogP contribution in [0, 0.1) is 5.41 Å². The second kappa shape index (κ2) is 5.59. The summed E-state index contributed by atoms with van der Waals surface area (Å²) in [6.07, 6.45) is 6.62. The fourth-order valence-electron chi connectivity index (χ4n) is 2.04. The van der Waals surface area contributed by atoms with Crippen molar-refractivity contribution in [2.24, 2.45) is 5.41 Å². The van der Waals surface area contributed by atoms with Gasteiger partial charge in [0.25, 0.3) is 0 Å². The van der Waals surface area contributed by atoms with Gasteiger partial charge in [-0.25, -0.2) is 0 Å². The lowest BCUT2D eigenvalue weighted by Crippen LogP contribution is -2.40. The molecule has 0 aliphatic heterocycles. The molecule has 1 fully saturated rings. The van der Waals surface area contributed by atoms with Crippen molar-refractivity contribution in [3.05, 3.63) is 0 Å². The number of rotatable bonds is 4. The molecule has 0 unspecified atom stereocenters. The fourth-order valence-corrected chi connectivity index (χ4v) is 2.17. The first-order chi connectivity index (χ1) is 6.69. The molecule has 82 valence electrons. The molecule has 1 aliphatic carbocycles. The molecule has 0 spiro atoms. The van der Waals surface area contributed by atoms with Crippen molar-refractivity contribution in [3.63, 3.8) is 0 Å². The van der Waals surface area contributed by atoms with Gasteiger partial charge in [0, 0.05) is 17.8 Å². The number of hydrogen-bond donors (Lipinski definition) is 1. The van der Waals surface area contributed by atoms with Gasteiger partial charge in [-0.2, -0.15) is 0 Å². The maximum Gasteiger partial charge on any atom is 0.225 e. The van der Waals surface area contributed by atoms with Crippen molar-refractivity contribution in [2.75, 3.05) is 12.4 Å². The average molecular weight is 218 g/mol. The van der Waals surface area contributed by atoms with E-state index in [1.165, 1.54) is 19.3 Å². The molecule has 1 amide bonds. The van der Waals surface area contributed by atoms with Crippen LogP contribution >= 0.6 is 11.6 Å². The van der Waals surface area contributed by atoms with Gasteiger partial charge in [0.05, 0.1) is 0 Å². The molecule has 3 heteroatoms. The van der Waals surface area contributed by atoms with E-state index in [1.807, 2.05) is 0 Å². The number of hydrogen-bond acceptors (Lipinski definition) is 1. The maximum absolute atomic E-state index is 11.8. The predicted molar refractivity (Wildman–Crippen MR) is 59.5 cm³/mol. The Hall–Kier alpha value is -0.240. The van der Waals surface area contributed by atoms with Crippen LogP contribution in [-0.2, 0) is 4.79 Å². The van der Waals surface area contributed by atoms with E-state index in [-0.39, 0.29) is 11.3 Å². The highest BCUT2D eigenvalue weighted by atomic mass is 35.5. The highest BCUT2D eigenvalue weighted by molar-refractivity contribution is 6.17. The van der Waals surface area contributed by atoms with Crippen LogP contribution < -0.4 is 5.32 Å². The highest BCUT2D eigenvalue weighted by Gasteiger charge is 2.33. The van der Waals surface area contributed by atoms with Crippen molar-refractivity contribution in [1.82, 2.24) is 5.32 Å². The third-order valence-corrected chi connectivity index (χ3v) is 3.37. The first kappa shape index (κ1) is 11.8. The summed E-state index contributed by atoms with van der Waals surface area (Å²) in [4.78, 5) is 11.8.